The van der Waals surface area contributed by atoms with E-state index in [9.17, 15) is 17.8 Å². The third kappa shape index (κ3) is 6.62. The number of halogens is 2. The van der Waals surface area contributed by atoms with Crippen molar-refractivity contribution in [2.24, 2.45) is 4.36 Å². The number of rotatable bonds is 11. The molecule has 5 aromatic rings. The summed E-state index contributed by atoms with van der Waals surface area (Å²) in [4.78, 5) is 21.3. The Balaban J connectivity index is 1.22. The van der Waals surface area contributed by atoms with Gasteiger partial charge in [-0.05, 0) is 48.4 Å². The molecule has 0 bridgehead atoms. The second-order valence-electron chi connectivity index (χ2n) is 9.57. The summed E-state index contributed by atoms with van der Waals surface area (Å²) in [6.07, 6.45) is 4.44. The summed E-state index contributed by atoms with van der Waals surface area (Å²) in [7, 11) is 0.0506. The van der Waals surface area contributed by atoms with Crippen LogP contribution in [0.1, 0.15) is 12.0 Å². The first-order valence-electron chi connectivity index (χ1n) is 13.6. The molecule has 0 aliphatic carbocycles. The second kappa shape index (κ2) is 13.5. The minimum Gasteiger partial charge on any atom is -0.494 e. The van der Waals surface area contributed by atoms with Gasteiger partial charge in [-0.15, -0.1) is 0 Å². The number of nitrogens with one attached hydrogen (secondary N) is 2. The van der Waals surface area contributed by atoms with E-state index in [4.69, 9.17) is 9.47 Å². The predicted molar refractivity (Wildman–Crippen MR) is 163 cm³/mol. The van der Waals surface area contributed by atoms with Gasteiger partial charge >= 0.3 is 6.09 Å². The van der Waals surface area contributed by atoms with Crippen LogP contribution in [0.15, 0.2) is 94.6 Å². The van der Waals surface area contributed by atoms with Gasteiger partial charge in [0.15, 0.2) is 23.0 Å². The molecule has 3 aromatic carbocycles. The van der Waals surface area contributed by atoms with Crippen molar-refractivity contribution in [1.82, 2.24) is 19.7 Å². The molecule has 13 heteroatoms. The summed E-state index contributed by atoms with van der Waals surface area (Å²) in [5.41, 5.74) is 2.28. The maximum absolute atomic E-state index is 14.8. The lowest BCUT2D eigenvalue weighted by Crippen LogP contribution is -2.26. The van der Waals surface area contributed by atoms with Crippen molar-refractivity contribution in [2.75, 3.05) is 31.8 Å². The molecule has 44 heavy (non-hydrogen) atoms. The van der Waals surface area contributed by atoms with Gasteiger partial charge in [-0.1, -0.05) is 30.3 Å². The van der Waals surface area contributed by atoms with Crippen LogP contribution in [0, 0.1) is 11.6 Å². The molecule has 0 radical (unpaired) electrons. The Morgan fingerprint density at radius 1 is 1.02 bits per heavy atom. The number of alkyl carbamates (subject to hydrolysis) is 1. The van der Waals surface area contributed by atoms with Crippen molar-refractivity contribution in [3.8, 4) is 17.0 Å². The van der Waals surface area contributed by atoms with Crippen molar-refractivity contribution in [3.63, 3.8) is 0 Å². The van der Waals surface area contributed by atoms with Crippen LogP contribution in [-0.2, 0) is 21.1 Å². The lowest BCUT2D eigenvalue weighted by Gasteiger charge is -2.12. The number of amides is 1. The molecule has 2 aromatic heterocycles. The fourth-order valence-corrected chi connectivity index (χ4v) is 6.25. The number of ether oxygens (including phenoxy) is 2. The highest BCUT2D eigenvalue weighted by Gasteiger charge is 2.19. The van der Waals surface area contributed by atoms with E-state index >= 15 is 0 Å². The van der Waals surface area contributed by atoms with Crippen molar-refractivity contribution in [2.45, 2.75) is 17.9 Å². The van der Waals surface area contributed by atoms with Gasteiger partial charge in [0.05, 0.1) is 28.7 Å². The Morgan fingerprint density at radius 3 is 2.52 bits per heavy atom. The van der Waals surface area contributed by atoms with E-state index in [0.717, 1.165) is 5.56 Å². The molecule has 10 nitrogen and oxygen atoms in total. The van der Waals surface area contributed by atoms with Crippen LogP contribution in [0.3, 0.4) is 0 Å². The van der Waals surface area contributed by atoms with E-state index in [1.807, 2.05) is 30.3 Å². The van der Waals surface area contributed by atoms with Gasteiger partial charge in [0.25, 0.3) is 0 Å². The Hall–Kier alpha value is -5.04. The molecule has 0 saturated carbocycles. The number of aromatic nitrogens is 3. The van der Waals surface area contributed by atoms with Crippen LogP contribution >= 0.6 is 0 Å². The highest BCUT2D eigenvalue weighted by atomic mass is 32.2. The van der Waals surface area contributed by atoms with Crippen LogP contribution in [0.2, 0.25) is 0 Å². The van der Waals surface area contributed by atoms with E-state index in [-0.39, 0.29) is 30.2 Å². The molecule has 1 amide bonds. The third-order valence-electron chi connectivity index (χ3n) is 6.83. The van der Waals surface area contributed by atoms with Gasteiger partial charge in [-0.2, -0.15) is 4.39 Å². The van der Waals surface area contributed by atoms with Gasteiger partial charge in [0.1, 0.15) is 6.61 Å². The smallest absolute Gasteiger partial charge is 0.407 e. The quantitative estimate of drug-likeness (QED) is 0.169. The standard InChI is InChI=1S/C31H30F2N6O4S/c1-34-44(41,18-6-15-36-31(40)43-20-21-7-4-3-5-8-21)23-11-9-22(10-12-23)38-29-30-37-19-25(39(30)17-16-35-29)24-13-14-26(42-2)28(33)27(24)32/h3-5,7-14,16-17,19H,6,15,18,20H2,1-2H3,(H,35,38)(H,36,40). The van der Waals surface area contributed by atoms with Gasteiger partial charge in [-0.25, -0.2) is 27.7 Å². The zero-order valence-electron chi connectivity index (χ0n) is 24.0. The molecule has 0 spiro atoms. The largest absolute Gasteiger partial charge is 0.494 e. The molecule has 228 valence electrons. The van der Waals surface area contributed by atoms with Crippen molar-refractivity contribution in [3.05, 3.63) is 103 Å². The zero-order chi connectivity index (χ0) is 31.1. The Bertz CT molecular complexity index is 1890. The number of hydrogen-bond donors (Lipinski definition) is 2. The van der Waals surface area contributed by atoms with Crippen molar-refractivity contribution >= 4 is 33.0 Å². The summed E-state index contributed by atoms with van der Waals surface area (Å²) >= 11 is 0. The second-order valence-corrected chi connectivity index (χ2v) is 12.1. The fraction of sp³-hybridized carbons (Fsp3) is 0.194. The first kappa shape index (κ1) is 30.4. The van der Waals surface area contributed by atoms with E-state index in [2.05, 4.69) is 25.0 Å². The molecule has 0 aliphatic heterocycles. The first-order chi connectivity index (χ1) is 21.3. The Morgan fingerprint density at radius 2 is 1.80 bits per heavy atom. The maximum Gasteiger partial charge on any atom is 0.407 e. The van der Waals surface area contributed by atoms with Crippen LogP contribution in [0.5, 0.6) is 5.75 Å². The SMILES string of the molecule is CN=S(=O)(CCCNC(=O)OCc1ccccc1)c1ccc(Nc2nccn3c(-c4ccc(OC)c(F)c4F)cnc23)cc1. The molecule has 0 aliphatic rings. The topological polar surface area (TPSA) is 119 Å². The van der Waals surface area contributed by atoms with Crippen LogP contribution in [0.25, 0.3) is 16.9 Å². The van der Waals surface area contributed by atoms with Gasteiger partial charge in [0.2, 0.25) is 5.82 Å². The normalized spacial score (nSPS) is 12.4. The average Bonchev–Trinajstić information content (AvgIpc) is 3.49. The number of methoxy groups -OCH3 is 1. The third-order valence-corrected chi connectivity index (χ3v) is 9.27. The Labute approximate surface area is 253 Å². The lowest BCUT2D eigenvalue weighted by atomic mass is 10.1. The summed E-state index contributed by atoms with van der Waals surface area (Å²) in [5, 5.41) is 5.85. The van der Waals surface area contributed by atoms with Gasteiger partial charge in [-0.3, -0.25) is 4.40 Å². The number of imidazole rings is 1. The number of fused-ring (bicyclic) bond motifs is 1. The van der Waals surface area contributed by atoms with Crippen LogP contribution in [0.4, 0.5) is 25.1 Å². The highest BCUT2D eigenvalue weighted by Crippen LogP contribution is 2.31. The van der Waals surface area contributed by atoms with Gasteiger partial charge in [0, 0.05) is 47.9 Å². The maximum atomic E-state index is 14.8. The molecule has 1 atom stereocenters. The fourth-order valence-electron chi connectivity index (χ4n) is 4.53. The monoisotopic (exact) mass is 620 g/mol. The average molecular weight is 621 g/mol. The number of nitrogens with zero attached hydrogens (tertiary/aromatic N) is 4. The molecular weight excluding hydrogens is 590 g/mol. The first-order valence-corrected chi connectivity index (χ1v) is 15.3. The van der Waals surface area contributed by atoms with Crippen molar-refractivity contribution in [1.29, 1.82) is 0 Å². The molecule has 1 unspecified atom stereocenters. The summed E-state index contributed by atoms with van der Waals surface area (Å²) in [6.45, 7) is 0.454. The van der Waals surface area contributed by atoms with E-state index < -0.39 is 27.5 Å². The van der Waals surface area contributed by atoms with Gasteiger partial charge < -0.3 is 20.1 Å². The zero-order valence-corrected chi connectivity index (χ0v) is 24.8. The highest BCUT2D eigenvalue weighted by molar-refractivity contribution is 7.93. The molecule has 0 fully saturated rings. The minimum absolute atomic E-state index is 0.0228. The number of benzene rings is 3. The van der Waals surface area contributed by atoms with Crippen LogP contribution < -0.4 is 15.4 Å². The predicted octanol–water partition coefficient (Wildman–Crippen LogP) is 6.20. The number of anilines is 2. The van der Waals surface area contributed by atoms with E-state index in [0.29, 0.717) is 34.2 Å². The van der Waals surface area contributed by atoms with E-state index in [1.54, 1.807) is 34.9 Å². The molecule has 5 rings (SSSR count). The number of hydrogen-bond acceptors (Lipinski definition) is 8. The number of carbonyl (C=O) groups excluding carboxylic acids is 1. The summed E-state index contributed by atoms with van der Waals surface area (Å²) < 4.78 is 58.5. The van der Waals surface area contributed by atoms with E-state index in [1.165, 1.54) is 38.7 Å². The van der Waals surface area contributed by atoms with Crippen LogP contribution in [-0.4, -0.2) is 51.1 Å². The summed E-state index contributed by atoms with van der Waals surface area (Å²) in [6, 6.07) is 19.1. The molecule has 2 N–H and O–H groups in total. The minimum atomic E-state index is -2.73. The number of carbonyl (C=O) groups is 1. The molecular formula is C31H30F2N6O4S. The molecule has 2 heterocycles. The molecule has 0 saturated heterocycles. The lowest BCUT2D eigenvalue weighted by molar-refractivity contribution is 0.139. The van der Waals surface area contributed by atoms with Crippen molar-refractivity contribution < 1.29 is 27.3 Å². The Kier molecular flexibility index (Phi) is 9.34. The summed E-state index contributed by atoms with van der Waals surface area (Å²) in [5.74, 6) is -1.69.